The van der Waals surface area contributed by atoms with Crippen molar-refractivity contribution in [2.45, 2.75) is 24.8 Å². The first-order chi connectivity index (χ1) is 11.3. The Bertz CT molecular complexity index is 801. The second-order valence-electron chi connectivity index (χ2n) is 5.40. The molecule has 0 N–H and O–H groups in total. The van der Waals surface area contributed by atoms with Crippen LogP contribution in [0.15, 0.2) is 53.4 Å². The molecule has 0 heterocycles. The van der Waals surface area contributed by atoms with Crippen molar-refractivity contribution in [3.63, 3.8) is 0 Å². The lowest BCUT2D eigenvalue weighted by molar-refractivity contribution is -0.305. The van der Waals surface area contributed by atoms with E-state index in [0.29, 0.717) is 10.6 Å². The molecular formula is C17H17ClNO4S-. The highest BCUT2D eigenvalue weighted by Gasteiger charge is 2.24. The van der Waals surface area contributed by atoms with Crippen LogP contribution in [0.3, 0.4) is 0 Å². The fourth-order valence-corrected chi connectivity index (χ4v) is 3.71. The highest BCUT2D eigenvalue weighted by molar-refractivity contribution is 7.89. The Balaban J connectivity index is 2.31. The van der Waals surface area contributed by atoms with Gasteiger partial charge in [-0.05, 0) is 36.8 Å². The van der Waals surface area contributed by atoms with Gasteiger partial charge in [-0.1, -0.05) is 41.4 Å². The van der Waals surface area contributed by atoms with Gasteiger partial charge < -0.3 is 9.90 Å². The molecule has 0 aliphatic rings. The van der Waals surface area contributed by atoms with Crippen LogP contribution in [-0.2, 0) is 21.4 Å². The largest absolute Gasteiger partial charge is 0.550 e. The van der Waals surface area contributed by atoms with Crippen molar-refractivity contribution in [3.8, 4) is 0 Å². The Morgan fingerprint density at radius 2 is 1.67 bits per heavy atom. The van der Waals surface area contributed by atoms with Gasteiger partial charge in [0.25, 0.3) is 0 Å². The summed E-state index contributed by atoms with van der Waals surface area (Å²) in [5.41, 5.74) is 1.65. The molecule has 0 saturated carbocycles. The zero-order chi connectivity index (χ0) is 17.7. The number of halogens is 1. The number of rotatable bonds is 7. The lowest BCUT2D eigenvalue weighted by Crippen LogP contribution is -2.35. The monoisotopic (exact) mass is 366 g/mol. The van der Waals surface area contributed by atoms with E-state index in [4.69, 9.17) is 11.6 Å². The summed E-state index contributed by atoms with van der Waals surface area (Å²) < 4.78 is 26.8. The number of nitrogens with zero attached hydrogens (tertiary/aromatic N) is 1. The van der Waals surface area contributed by atoms with Gasteiger partial charge in [0.15, 0.2) is 0 Å². The number of carboxylic acid groups (broad SMARTS) is 1. The van der Waals surface area contributed by atoms with E-state index in [9.17, 15) is 18.3 Å². The summed E-state index contributed by atoms with van der Waals surface area (Å²) in [4.78, 5) is 10.9. The molecule has 0 amide bonds. The first kappa shape index (κ1) is 18.4. The van der Waals surface area contributed by atoms with Gasteiger partial charge in [0, 0.05) is 30.5 Å². The number of benzene rings is 2. The van der Waals surface area contributed by atoms with Gasteiger partial charge in [0.05, 0.1) is 4.90 Å². The predicted molar refractivity (Wildman–Crippen MR) is 89.9 cm³/mol. The van der Waals surface area contributed by atoms with Crippen LogP contribution < -0.4 is 5.11 Å². The molecule has 24 heavy (non-hydrogen) atoms. The quantitative estimate of drug-likeness (QED) is 0.750. The van der Waals surface area contributed by atoms with E-state index in [1.54, 1.807) is 36.4 Å². The number of sulfonamides is 1. The van der Waals surface area contributed by atoms with Crippen LogP contribution in [0, 0.1) is 6.92 Å². The van der Waals surface area contributed by atoms with Gasteiger partial charge in [-0.2, -0.15) is 4.31 Å². The van der Waals surface area contributed by atoms with E-state index in [1.807, 2.05) is 6.92 Å². The van der Waals surface area contributed by atoms with E-state index >= 15 is 0 Å². The number of hydrogen-bond acceptors (Lipinski definition) is 4. The van der Waals surface area contributed by atoms with E-state index in [0.717, 1.165) is 9.87 Å². The SMILES string of the molecule is Cc1ccc(S(=O)(=O)N(CCC(=O)[O-])Cc2ccc(Cl)cc2)cc1. The van der Waals surface area contributed by atoms with E-state index in [2.05, 4.69) is 0 Å². The molecule has 5 nitrogen and oxygen atoms in total. The van der Waals surface area contributed by atoms with E-state index < -0.39 is 16.0 Å². The second-order valence-corrected chi connectivity index (χ2v) is 7.77. The van der Waals surface area contributed by atoms with Crippen molar-refractivity contribution in [1.29, 1.82) is 0 Å². The smallest absolute Gasteiger partial charge is 0.243 e. The normalized spacial score (nSPS) is 11.6. The molecule has 0 radical (unpaired) electrons. The van der Waals surface area contributed by atoms with E-state index in [-0.39, 0.29) is 24.4 Å². The Labute approximate surface area is 146 Å². The third-order valence-electron chi connectivity index (χ3n) is 3.50. The molecule has 2 aromatic rings. The number of aliphatic carboxylic acids is 1. The number of carbonyl (C=O) groups is 1. The van der Waals surface area contributed by atoms with Gasteiger partial charge in [0.1, 0.15) is 0 Å². The number of carbonyl (C=O) groups excluding carboxylic acids is 1. The van der Waals surface area contributed by atoms with Crippen LogP contribution in [0.25, 0.3) is 0 Å². The average molecular weight is 367 g/mol. The predicted octanol–water partition coefficient (Wildman–Crippen LogP) is 1.98. The minimum absolute atomic E-state index is 0.0562. The minimum Gasteiger partial charge on any atom is -0.550 e. The fourth-order valence-electron chi connectivity index (χ4n) is 2.15. The molecule has 0 aromatic heterocycles. The standard InChI is InChI=1S/C17H18ClNO4S/c1-13-2-8-16(9-3-13)24(22,23)19(11-10-17(20)21)12-14-4-6-15(18)7-5-14/h2-9H,10-12H2,1H3,(H,20,21)/p-1. The summed E-state index contributed by atoms with van der Waals surface area (Å²) in [6.45, 7) is 1.75. The zero-order valence-electron chi connectivity index (χ0n) is 13.1. The van der Waals surface area contributed by atoms with Crippen molar-refractivity contribution in [1.82, 2.24) is 4.31 Å². The summed E-state index contributed by atoms with van der Waals surface area (Å²) in [5.74, 6) is -1.30. The Morgan fingerprint density at radius 3 is 2.21 bits per heavy atom. The van der Waals surface area contributed by atoms with Gasteiger partial charge in [-0.25, -0.2) is 8.42 Å². The van der Waals surface area contributed by atoms with Crippen molar-refractivity contribution >= 4 is 27.6 Å². The van der Waals surface area contributed by atoms with Crippen LogP contribution in [-0.4, -0.2) is 25.2 Å². The molecule has 0 unspecified atom stereocenters. The van der Waals surface area contributed by atoms with Crippen molar-refractivity contribution in [3.05, 3.63) is 64.7 Å². The Hall–Kier alpha value is -1.89. The maximum absolute atomic E-state index is 12.8. The summed E-state index contributed by atoms with van der Waals surface area (Å²) >= 11 is 5.83. The Kier molecular flexibility index (Phi) is 5.99. The molecule has 2 rings (SSSR count). The highest BCUT2D eigenvalue weighted by Crippen LogP contribution is 2.20. The topological polar surface area (TPSA) is 77.5 Å². The summed E-state index contributed by atoms with van der Waals surface area (Å²) in [6.07, 6.45) is -0.376. The lowest BCUT2D eigenvalue weighted by Gasteiger charge is -2.23. The molecular weight excluding hydrogens is 350 g/mol. The first-order valence-corrected chi connectivity index (χ1v) is 9.12. The zero-order valence-corrected chi connectivity index (χ0v) is 14.7. The average Bonchev–Trinajstić information content (AvgIpc) is 2.53. The van der Waals surface area contributed by atoms with Gasteiger partial charge in [-0.3, -0.25) is 0 Å². The highest BCUT2D eigenvalue weighted by atomic mass is 35.5. The third kappa shape index (κ3) is 4.80. The lowest BCUT2D eigenvalue weighted by atomic mass is 10.2. The van der Waals surface area contributed by atoms with Crippen LogP contribution in [0.5, 0.6) is 0 Å². The maximum atomic E-state index is 12.8. The van der Waals surface area contributed by atoms with Crippen molar-refractivity contribution < 1.29 is 18.3 Å². The maximum Gasteiger partial charge on any atom is 0.243 e. The molecule has 7 heteroatoms. The fraction of sp³-hybridized carbons (Fsp3) is 0.235. The first-order valence-electron chi connectivity index (χ1n) is 7.30. The molecule has 0 saturated heterocycles. The number of hydrogen-bond donors (Lipinski definition) is 0. The Morgan fingerprint density at radius 1 is 1.08 bits per heavy atom. The molecule has 0 aliphatic carbocycles. The summed E-state index contributed by atoms with van der Waals surface area (Å²) in [7, 11) is -3.81. The molecule has 2 aromatic carbocycles. The van der Waals surface area contributed by atoms with Gasteiger partial charge in [-0.15, -0.1) is 0 Å². The number of carboxylic acids is 1. The van der Waals surface area contributed by atoms with Gasteiger partial charge >= 0.3 is 0 Å². The molecule has 0 fully saturated rings. The van der Waals surface area contributed by atoms with Crippen LogP contribution in [0.4, 0.5) is 0 Å². The van der Waals surface area contributed by atoms with Gasteiger partial charge in [0.2, 0.25) is 10.0 Å². The van der Waals surface area contributed by atoms with Crippen molar-refractivity contribution in [2.24, 2.45) is 0 Å². The van der Waals surface area contributed by atoms with Crippen LogP contribution in [0.2, 0.25) is 5.02 Å². The molecule has 0 atom stereocenters. The molecule has 128 valence electrons. The summed E-state index contributed by atoms with van der Waals surface area (Å²) in [5, 5.41) is 11.3. The van der Waals surface area contributed by atoms with Crippen LogP contribution >= 0.6 is 11.6 Å². The molecule has 0 spiro atoms. The number of aryl methyl sites for hydroxylation is 1. The minimum atomic E-state index is -3.81. The second kappa shape index (κ2) is 7.79. The molecule has 0 bridgehead atoms. The molecule has 0 aliphatic heterocycles. The van der Waals surface area contributed by atoms with Crippen LogP contribution in [0.1, 0.15) is 17.5 Å². The van der Waals surface area contributed by atoms with E-state index in [1.165, 1.54) is 12.1 Å². The third-order valence-corrected chi connectivity index (χ3v) is 5.61. The summed E-state index contributed by atoms with van der Waals surface area (Å²) in [6, 6.07) is 13.2. The van der Waals surface area contributed by atoms with Crippen molar-refractivity contribution in [2.75, 3.05) is 6.54 Å².